The van der Waals surface area contributed by atoms with Crippen LogP contribution in [0.15, 0.2) is 48.1 Å². The fraction of sp³-hybridized carbons (Fsp3) is 0.593. The Kier molecular flexibility index (Phi) is 7.00. The van der Waals surface area contributed by atoms with Crippen LogP contribution in [0.25, 0.3) is 0 Å². The predicted octanol–water partition coefficient (Wildman–Crippen LogP) is 6.13. The highest BCUT2D eigenvalue weighted by Gasteiger charge is 2.55. The number of methoxy groups -OCH3 is 1. The minimum absolute atomic E-state index is 0.0620. The van der Waals surface area contributed by atoms with E-state index in [9.17, 15) is 9.90 Å². The standard InChI is InChI=1S/C27H39NO3/c1-18(16-25(30)28-20-8-7-9-21(17-20)31-6)10-12-22-19(2)11-13-23-26(3,4)24(29)14-15-27(22,23)5/h7-9,16-17,22-24,29H,2,10-15H2,1,3-6H3,(H,28,30)/b18-16+/t22-,23-,24-,27+/m1/s1. The topological polar surface area (TPSA) is 58.6 Å². The van der Waals surface area contributed by atoms with Gasteiger partial charge in [0.05, 0.1) is 13.2 Å². The molecule has 4 nitrogen and oxygen atoms in total. The molecule has 2 N–H and O–H groups in total. The van der Waals surface area contributed by atoms with Crippen molar-refractivity contribution in [3.63, 3.8) is 0 Å². The van der Waals surface area contributed by atoms with Crippen molar-refractivity contribution in [2.45, 2.75) is 72.3 Å². The van der Waals surface area contributed by atoms with Crippen LogP contribution in [0.2, 0.25) is 0 Å². The van der Waals surface area contributed by atoms with E-state index in [1.807, 2.05) is 31.2 Å². The second-order valence-electron chi connectivity index (χ2n) is 10.4. The van der Waals surface area contributed by atoms with E-state index in [2.05, 4.69) is 32.7 Å². The number of hydrogen-bond donors (Lipinski definition) is 2. The molecule has 31 heavy (non-hydrogen) atoms. The lowest BCUT2D eigenvalue weighted by Crippen LogP contribution is -2.54. The third-order valence-corrected chi connectivity index (χ3v) is 8.09. The summed E-state index contributed by atoms with van der Waals surface area (Å²) in [6, 6.07) is 7.38. The van der Waals surface area contributed by atoms with E-state index >= 15 is 0 Å². The molecule has 1 aromatic carbocycles. The Morgan fingerprint density at radius 2 is 2.06 bits per heavy atom. The molecule has 0 spiro atoms. The third kappa shape index (κ3) is 4.90. The van der Waals surface area contributed by atoms with Crippen LogP contribution in [0.1, 0.15) is 66.2 Å². The van der Waals surface area contributed by atoms with Gasteiger partial charge in [0.15, 0.2) is 0 Å². The molecule has 0 radical (unpaired) electrons. The minimum Gasteiger partial charge on any atom is -0.497 e. The van der Waals surface area contributed by atoms with Gasteiger partial charge in [-0.15, -0.1) is 0 Å². The smallest absolute Gasteiger partial charge is 0.248 e. The number of ether oxygens (including phenoxy) is 1. The summed E-state index contributed by atoms with van der Waals surface area (Å²) < 4.78 is 5.22. The highest BCUT2D eigenvalue weighted by molar-refractivity contribution is 5.99. The van der Waals surface area contributed by atoms with Gasteiger partial charge in [-0.3, -0.25) is 4.79 Å². The number of aliphatic hydroxyl groups is 1. The van der Waals surface area contributed by atoms with Crippen LogP contribution in [0.4, 0.5) is 5.69 Å². The Balaban J connectivity index is 1.65. The molecular formula is C27H39NO3. The van der Waals surface area contributed by atoms with Crippen molar-refractivity contribution in [1.29, 1.82) is 0 Å². The van der Waals surface area contributed by atoms with E-state index in [1.54, 1.807) is 13.2 Å². The van der Waals surface area contributed by atoms with Crippen molar-refractivity contribution in [3.8, 4) is 5.75 Å². The third-order valence-electron chi connectivity index (χ3n) is 8.09. The molecule has 2 aliphatic carbocycles. The van der Waals surface area contributed by atoms with Crippen molar-refractivity contribution in [3.05, 3.63) is 48.1 Å². The van der Waals surface area contributed by atoms with Gasteiger partial charge in [0.25, 0.3) is 0 Å². The predicted molar refractivity (Wildman–Crippen MR) is 127 cm³/mol. The van der Waals surface area contributed by atoms with Crippen molar-refractivity contribution < 1.29 is 14.6 Å². The van der Waals surface area contributed by atoms with Gasteiger partial charge in [0, 0.05) is 17.8 Å². The number of benzene rings is 1. The van der Waals surface area contributed by atoms with Crippen molar-refractivity contribution in [1.82, 2.24) is 0 Å². The highest BCUT2D eigenvalue weighted by Crippen LogP contribution is 2.61. The lowest BCUT2D eigenvalue weighted by atomic mass is 9.46. The van der Waals surface area contributed by atoms with Crippen LogP contribution in [-0.2, 0) is 4.79 Å². The quantitative estimate of drug-likeness (QED) is 0.426. The SMILES string of the molecule is C=C1CC[C@@H]2C(C)(C)[C@H](O)CC[C@@]2(C)[C@@H]1CC/C(C)=C/C(=O)Nc1cccc(OC)c1. The summed E-state index contributed by atoms with van der Waals surface area (Å²) in [5.41, 5.74) is 3.26. The number of fused-ring (bicyclic) bond motifs is 1. The molecule has 2 fully saturated rings. The number of carbonyl (C=O) groups is 1. The molecule has 0 saturated heterocycles. The number of nitrogens with one attached hydrogen (secondary N) is 1. The van der Waals surface area contributed by atoms with Gasteiger partial charge in [-0.05, 0) is 80.2 Å². The first-order chi connectivity index (χ1) is 14.6. The second-order valence-corrected chi connectivity index (χ2v) is 10.4. The summed E-state index contributed by atoms with van der Waals surface area (Å²) in [6.45, 7) is 13.4. The van der Waals surface area contributed by atoms with E-state index in [0.717, 1.165) is 55.5 Å². The first kappa shape index (κ1) is 23.6. The van der Waals surface area contributed by atoms with Crippen molar-refractivity contribution >= 4 is 11.6 Å². The summed E-state index contributed by atoms with van der Waals surface area (Å²) in [5, 5.41) is 13.6. The van der Waals surface area contributed by atoms with E-state index in [4.69, 9.17) is 4.74 Å². The lowest BCUT2D eigenvalue weighted by molar-refractivity contribution is -0.124. The van der Waals surface area contributed by atoms with E-state index < -0.39 is 0 Å². The van der Waals surface area contributed by atoms with Gasteiger partial charge in [0.2, 0.25) is 5.91 Å². The number of rotatable bonds is 6. The monoisotopic (exact) mass is 425 g/mol. The highest BCUT2D eigenvalue weighted by atomic mass is 16.5. The first-order valence-electron chi connectivity index (χ1n) is 11.6. The van der Waals surface area contributed by atoms with E-state index in [0.29, 0.717) is 11.8 Å². The maximum atomic E-state index is 12.5. The normalized spacial score (nSPS) is 30.5. The van der Waals surface area contributed by atoms with Crippen molar-refractivity contribution in [2.75, 3.05) is 12.4 Å². The lowest BCUT2D eigenvalue weighted by Gasteiger charge is -2.59. The van der Waals surface area contributed by atoms with Crippen LogP contribution < -0.4 is 10.1 Å². The molecule has 170 valence electrons. The van der Waals surface area contributed by atoms with Crippen LogP contribution in [0.3, 0.4) is 0 Å². The summed E-state index contributed by atoms with van der Waals surface area (Å²) in [7, 11) is 1.61. The molecule has 4 atom stereocenters. The summed E-state index contributed by atoms with van der Waals surface area (Å²) in [4.78, 5) is 12.5. The maximum Gasteiger partial charge on any atom is 0.248 e. The largest absolute Gasteiger partial charge is 0.497 e. The molecule has 0 heterocycles. The first-order valence-corrected chi connectivity index (χ1v) is 11.6. The summed E-state index contributed by atoms with van der Waals surface area (Å²) in [5.74, 6) is 1.54. The molecular weight excluding hydrogens is 386 g/mol. The number of amides is 1. The average molecular weight is 426 g/mol. The van der Waals surface area contributed by atoms with Crippen LogP contribution in [-0.4, -0.2) is 24.2 Å². The Bertz CT molecular complexity index is 856. The Labute approximate surface area is 187 Å². The molecule has 1 aromatic rings. The Morgan fingerprint density at radius 1 is 1.32 bits per heavy atom. The zero-order chi connectivity index (χ0) is 22.8. The molecule has 2 saturated carbocycles. The number of hydrogen-bond acceptors (Lipinski definition) is 3. The van der Waals surface area contributed by atoms with Crippen LogP contribution in [0, 0.1) is 22.7 Å². The van der Waals surface area contributed by atoms with Gasteiger partial charge >= 0.3 is 0 Å². The number of allylic oxidation sites excluding steroid dienone is 2. The van der Waals surface area contributed by atoms with E-state index in [-0.39, 0.29) is 22.8 Å². The fourth-order valence-electron chi connectivity index (χ4n) is 6.25. The number of anilines is 1. The minimum atomic E-state index is -0.223. The summed E-state index contributed by atoms with van der Waals surface area (Å²) >= 11 is 0. The Morgan fingerprint density at radius 3 is 2.77 bits per heavy atom. The van der Waals surface area contributed by atoms with Crippen LogP contribution >= 0.6 is 0 Å². The maximum absolute atomic E-state index is 12.5. The number of carbonyl (C=O) groups excluding carboxylic acids is 1. The van der Waals surface area contributed by atoms with Gasteiger partial charge in [0.1, 0.15) is 5.75 Å². The molecule has 0 aromatic heterocycles. The molecule has 1 amide bonds. The fourth-order valence-corrected chi connectivity index (χ4v) is 6.25. The number of aliphatic hydroxyl groups excluding tert-OH is 1. The van der Waals surface area contributed by atoms with Gasteiger partial charge in [-0.1, -0.05) is 44.6 Å². The zero-order valence-electron chi connectivity index (χ0n) is 19.8. The molecule has 4 heteroatoms. The molecule has 0 bridgehead atoms. The molecule has 0 unspecified atom stereocenters. The zero-order valence-corrected chi connectivity index (χ0v) is 19.8. The average Bonchev–Trinajstić information content (AvgIpc) is 2.70. The van der Waals surface area contributed by atoms with Gasteiger partial charge in [-0.2, -0.15) is 0 Å². The van der Waals surface area contributed by atoms with Gasteiger partial charge in [-0.25, -0.2) is 0 Å². The molecule has 3 rings (SSSR count). The van der Waals surface area contributed by atoms with Crippen molar-refractivity contribution in [2.24, 2.45) is 22.7 Å². The summed E-state index contributed by atoms with van der Waals surface area (Å²) in [6.07, 6.45) is 7.44. The molecule has 0 aliphatic heterocycles. The Hall–Kier alpha value is -2.07. The van der Waals surface area contributed by atoms with E-state index in [1.165, 1.54) is 5.57 Å². The van der Waals surface area contributed by atoms with Crippen LogP contribution in [0.5, 0.6) is 5.75 Å². The van der Waals surface area contributed by atoms with Gasteiger partial charge < -0.3 is 15.2 Å². The second kappa shape index (κ2) is 9.20. The molecule has 2 aliphatic rings.